The Morgan fingerprint density at radius 3 is 2.30 bits per heavy atom. The fourth-order valence-electron chi connectivity index (χ4n) is 0.433. The number of aromatic nitrogens is 1. The quantitative estimate of drug-likeness (QED) is 0.545. The second-order valence-corrected chi connectivity index (χ2v) is 3.72. The second-order valence-electron chi connectivity index (χ2n) is 1.37. The summed E-state index contributed by atoms with van der Waals surface area (Å²) in [5.74, 6) is 0. The van der Waals surface area contributed by atoms with E-state index in [0.717, 1.165) is 0 Å². The summed E-state index contributed by atoms with van der Waals surface area (Å²) in [6, 6.07) is 4.83. The van der Waals surface area contributed by atoms with Gasteiger partial charge in [0.05, 0.1) is 0 Å². The van der Waals surface area contributed by atoms with Crippen molar-refractivity contribution < 1.29 is 11.6 Å². The molecule has 4 nitrogen and oxygen atoms in total. The van der Waals surface area contributed by atoms with E-state index < -0.39 is 19.8 Å². The van der Waals surface area contributed by atoms with Gasteiger partial charge in [0.2, 0.25) is 0 Å². The summed E-state index contributed by atoms with van der Waals surface area (Å²) < 4.78 is 20.7. The molecule has 0 spiro atoms. The van der Waals surface area contributed by atoms with Gasteiger partial charge in [-0.05, 0) is 12.1 Å². The fraction of sp³-hybridized carbons (Fsp3) is 0. The first-order valence-electron chi connectivity index (χ1n) is 2.27. The van der Waals surface area contributed by atoms with Crippen LogP contribution in [0, 0.1) is 3.70 Å². The van der Waals surface area contributed by atoms with Crippen LogP contribution in [0.2, 0.25) is 0 Å². The van der Waals surface area contributed by atoms with Crippen molar-refractivity contribution >= 4 is 19.8 Å². The molecule has 0 aromatic carbocycles. The maximum absolute atomic E-state index is 10.3. The summed E-state index contributed by atoms with van der Waals surface area (Å²) in [4.78, 5) is 3.62. The van der Waals surface area contributed by atoms with Gasteiger partial charge in [0.25, 0.3) is 0 Å². The highest BCUT2D eigenvalue weighted by atomic mass is 127. The molecule has 1 aromatic rings. The van der Waals surface area contributed by atoms with Crippen molar-refractivity contribution in [3.63, 3.8) is 0 Å². The second kappa shape index (κ2) is 4.29. The molecular weight excluding hydrogens is 249 g/mol. The lowest BCUT2D eigenvalue weighted by atomic mass is 10.5. The van der Waals surface area contributed by atoms with Crippen LogP contribution < -0.4 is 0 Å². The molecule has 5 heteroatoms. The molecule has 0 aliphatic rings. The lowest BCUT2D eigenvalue weighted by Crippen LogP contribution is -1.75. The predicted molar refractivity (Wildman–Crippen MR) is 41.9 cm³/mol. The van der Waals surface area contributed by atoms with Crippen LogP contribution in [0.5, 0.6) is 0 Å². The molecule has 0 amide bonds. The summed E-state index contributed by atoms with van der Waals surface area (Å²) >= 11 is -3.29. The number of pyridine rings is 1. The van der Waals surface area contributed by atoms with Crippen LogP contribution in [0.25, 0.3) is 0 Å². The molecule has 10 heavy (non-hydrogen) atoms. The van der Waals surface area contributed by atoms with E-state index in [4.69, 9.17) is 0 Å². The monoisotopic (exact) mass is 255 g/mol. The number of hydrogen-bond donors (Lipinski definition) is 0. The Labute approximate surface area is 64.7 Å². The number of hydrogen-bond acceptors (Lipinski definition) is 3. The van der Waals surface area contributed by atoms with Crippen LogP contribution in [-0.4, -0.2) is 10.5 Å². The minimum Gasteiger partial charge on any atom is -0.412 e. The van der Waals surface area contributed by atoms with E-state index in [-0.39, 0.29) is 9.18 Å². The zero-order chi connectivity index (χ0) is 6.69. The third-order valence-corrected chi connectivity index (χ3v) is 2.33. The first-order valence-corrected chi connectivity index (χ1v) is 5.11. The summed E-state index contributed by atoms with van der Waals surface area (Å²) in [5, 5.41) is 0. The summed E-state index contributed by atoms with van der Waals surface area (Å²) in [6.45, 7) is 0. The maximum Gasteiger partial charge on any atom is 0.359 e. The van der Waals surface area contributed by atoms with Gasteiger partial charge in [-0.2, -0.15) is 0 Å². The largest absolute Gasteiger partial charge is 0.412 e. The number of halogens is 1. The van der Waals surface area contributed by atoms with E-state index in [1.165, 1.54) is 12.3 Å². The third kappa shape index (κ3) is 2.36. The molecule has 0 aliphatic carbocycles. The Hall–Kier alpha value is -0.560. The van der Waals surface area contributed by atoms with Gasteiger partial charge in [0, 0.05) is 6.20 Å². The summed E-state index contributed by atoms with van der Waals surface area (Å²) in [6.07, 6.45) is 1.47. The third-order valence-electron chi connectivity index (χ3n) is 0.787. The first kappa shape index (κ1) is 9.44. The Morgan fingerprint density at radius 1 is 1.30 bits per heavy atom. The minimum absolute atomic E-state index is 0. The Morgan fingerprint density at radius 2 is 2.00 bits per heavy atom. The molecule has 1 rings (SSSR count). The lowest BCUT2D eigenvalue weighted by Gasteiger charge is -1.80. The Bertz CT molecular complexity index is 249. The van der Waals surface area contributed by atoms with Crippen molar-refractivity contribution in [2.24, 2.45) is 0 Å². The van der Waals surface area contributed by atoms with Crippen molar-refractivity contribution in [1.29, 1.82) is 0 Å². The predicted octanol–water partition coefficient (Wildman–Crippen LogP) is 0.624. The van der Waals surface area contributed by atoms with E-state index in [1.54, 1.807) is 12.1 Å². The van der Waals surface area contributed by atoms with Gasteiger partial charge in [-0.3, -0.25) is 0 Å². The van der Waals surface area contributed by atoms with Crippen molar-refractivity contribution in [3.05, 3.63) is 28.1 Å². The summed E-state index contributed by atoms with van der Waals surface area (Å²) in [7, 11) is 0. The Balaban J connectivity index is 0.000000810. The molecule has 1 aromatic heterocycles. The van der Waals surface area contributed by atoms with Crippen molar-refractivity contribution in [2.45, 2.75) is 0 Å². The highest BCUT2D eigenvalue weighted by Crippen LogP contribution is 2.11. The molecule has 0 aliphatic heterocycles. The normalized spacial score (nSPS) is 8.90. The van der Waals surface area contributed by atoms with Gasteiger partial charge in [0.1, 0.15) is 0 Å². The fourth-order valence-corrected chi connectivity index (χ4v) is 1.32. The molecule has 2 N–H and O–H groups in total. The maximum atomic E-state index is 10.3. The average molecular weight is 255 g/mol. The molecule has 0 saturated carbocycles. The number of nitrogens with zero attached hydrogens (tertiary/aromatic N) is 1. The van der Waals surface area contributed by atoms with Gasteiger partial charge in [-0.15, -0.1) is 0 Å². The number of rotatable bonds is 1. The average Bonchev–Trinajstić information content (AvgIpc) is 1.90. The van der Waals surface area contributed by atoms with Crippen molar-refractivity contribution in [3.8, 4) is 0 Å². The van der Waals surface area contributed by atoms with Gasteiger partial charge in [-0.1, -0.05) is 6.07 Å². The van der Waals surface area contributed by atoms with Crippen LogP contribution in [0.1, 0.15) is 0 Å². The van der Waals surface area contributed by atoms with Crippen LogP contribution in [-0.2, 0) is 6.14 Å². The Kier molecular flexibility index (Phi) is 4.05. The van der Waals surface area contributed by atoms with E-state index in [0.29, 0.717) is 0 Å². The van der Waals surface area contributed by atoms with Crippen LogP contribution >= 0.6 is 19.8 Å². The zero-order valence-electron chi connectivity index (χ0n) is 4.95. The lowest BCUT2D eigenvalue weighted by molar-refractivity contribution is 0.610. The molecule has 0 saturated heterocycles. The van der Waals surface area contributed by atoms with Gasteiger partial charge >= 0.3 is 19.8 Å². The molecule has 0 bridgehead atoms. The molecular formula is C5H6INO3. The van der Waals surface area contributed by atoms with E-state index >= 15 is 0 Å². The highest BCUT2D eigenvalue weighted by Gasteiger charge is 1.94. The molecule has 0 radical (unpaired) electrons. The van der Waals surface area contributed by atoms with Crippen molar-refractivity contribution in [1.82, 2.24) is 4.98 Å². The van der Waals surface area contributed by atoms with E-state index in [2.05, 4.69) is 4.98 Å². The summed E-state index contributed by atoms with van der Waals surface area (Å²) in [5.41, 5.74) is 0. The SMILES string of the molecule is O.O=I(=O)c1ccccn1. The van der Waals surface area contributed by atoms with Crippen LogP contribution in [0.3, 0.4) is 0 Å². The molecule has 1 heterocycles. The van der Waals surface area contributed by atoms with E-state index in [9.17, 15) is 6.14 Å². The topological polar surface area (TPSA) is 78.5 Å². The van der Waals surface area contributed by atoms with Crippen molar-refractivity contribution in [2.75, 3.05) is 0 Å². The van der Waals surface area contributed by atoms with Crippen LogP contribution in [0.4, 0.5) is 0 Å². The molecule has 56 valence electrons. The van der Waals surface area contributed by atoms with Gasteiger partial charge in [0.15, 0.2) is 3.70 Å². The van der Waals surface area contributed by atoms with Crippen LogP contribution in [0.15, 0.2) is 24.4 Å². The molecule has 0 unspecified atom stereocenters. The minimum atomic E-state index is -3.29. The van der Waals surface area contributed by atoms with Gasteiger partial charge < -0.3 is 5.48 Å². The first-order chi connectivity index (χ1) is 4.30. The standard InChI is InChI=1S/C5H4INO2.H2O/c8-6(9)5-3-1-2-4-7-5;/h1-4H;1H2. The molecule has 0 fully saturated rings. The zero-order valence-corrected chi connectivity index (χ0v) is 7.11. The van der Waals surface area contributed by atoms with E-state index in [1.807, 2.05) is 0 Å². The smallest absolute Gasteiger partial charge is 0.359 e. The molecule has 0 atom stereocenters. The highest BCUT2D eigenvalue weighted by molar-refractivity contribution is 14.2. The van der Waals surface area contributed by atoms with Gasteiger partial charge in [-0.25, -0.2) is 11.1 Å².